The minimum absolute atomic E-state index is 0.0165. The van der Waals surface area contributed by atoms with Crippen molar-refractivity contribution in [2.45, 2.75) is 59.6 Å². The predicted molar refractivity (Wildman–Crippen MR) is 91.0 cm³/mol. The first-order valence-corrected chi connectivity index (χ1v) is 8.57. The molecule has 6 heteroatoms. The van der Waals surface area contributed by atoms with Gasteiger partial charge in [-0.3, -0.25) is 4.79 Å². The van der Waals surface area contributed by atoms with Gasteiger partial charge in [0.15, 0.2) is 0 Å². The number of carbonyl (C=O) groups excluding carboxylic acids is 2. The van der Waals surface area contributed by atoms with E-state index in [2.05, 4.69) is 0 Å². The van der Waals surface area contributed by atoms with Gasteiger partial charge in [-0.2, -0.15) is 0 Å². The molecule has 6 nitrogen and oxygen atoms in total. The van der Waals surface area contributed by atoms with E-state index in [0.717, 1.165) is 13.0 Å². The second-order valence-corrected chi connectivity index (χ2v) is 7.73. The number of hydrogen-bond acceptors (Lipinski definition) is 4. The highest BCUT2D eigenvalue weighted by atomic mass is 16.6. The number of amides is 2. The summed E-state index contributed by atoms with van der Waals surface area (Å²) in [6.07, 6.45) is 0.610. The highest BCUT2D eigenvalue weighted by molar-refractivity contribution is 5.82. The Hall–Kier alpha value is -1.30. The Morgan fingerprint density at radius 2 is 1.96 bits per heavy atom. The van der Waals surface area contributed by atoms with Crippen LogP contribution in [0.3, 0.4) is 0 Å². The van der Waals surface area contributed by atoms with E-state index in [4.69, 9.17) is 10.5 Å². The second-order valence-electron chi connectivity index (χ2n) is 7.73. The molecule has 0 unspecified atom stereocenters. The summed E-state index contributed by atoms with van der Waals surface area (Å²) >= 11 is 0. The number of hydrogen-bond donors (Lipinski definition) is 1. The number of rotatable bonds is 5. The highest BCUT2D eigenvalue weighted by Crippen LogP contribution is 2.20. The van der Waals surface area contributed by atoms with Crippen LogP contribution in [0.15, 0.2) is 0 Å². The molecule has 1 saturated heterocycles. The second kappa shape index (κ2) is 7.99. The first-order valence-electron chi connectivity index (χ1n) is 8.57. The monoisotopic (exact) mass is 327 g/mol. The van der Waals surface area contributed by atoms with Crippen molar-refractivity contribution >= 4 is 12.0 Å². The van der Waals surface area contributed by atoms with Gasteiger partial charge in [-0.1, -0.05) is 13.8 Å². The van der Waals surface area contributed by atoms with Crippen LogP contribution in [0, 0.1) is 11.8 Å². The van der Waals surface area contributed by atoms with E-state index in [0.29, 0.717) is 19.6 Å². The van der Waals surface area contributed by atoms with Gasteiger partial charge in [0.2, 0.25) is 5.91 Å². The molecule has 1 aliphatic rings. The van der Waals surface area contributed by atoms with Gasteiger partial charge >= 0.3 is 6.09 Å². The minimum Gasteiger partial charge on any atom is -0.444 e. The molecule has 0 spiro atoms. The van der Waals surface area contributed by atoms with Gasteiger partial charge in [-0.05, 0) is 46.0 Å². The normalized spacial score (nSPS) is 19.8. The van der Waals surface area contributed by atoms with E-state index in [1.807, 2.05) is 46.4 Å². The molecule has 1 aliphatic heterocycles. The van der Waals surface area contributed by atoms with Gasteiger partial charge in [-0.25, -0.2) is 4.79 Å². The lowest BCUT2D eigenvalue weighted by molar-refractivity contribution is -0.132. The maximum Gasteiger partial charge on any atom is 0.410 e. The van der Waals surface area contributed by atoms with Crippen molar-refractivity contribution in [2.24, 2.45) is 17.6 Å². The summed E-state index contributed by atoms with van der Waals surface area (Å²) in [5.41, 5.74) is 5.46. The fourth-order valence-electron chi connectivity index (χ4n) is 2.65. The number of likely N-dealkylation sites (tertiary alicyclic amines) is 1. The Morgan fingerprint density at radius 1 is 1.35 bits per heavy atom. The van der Waals surface area contributed by atoms with Crippen molar-refractivity contribution in [2.75, 3.05) is 26.2 Å². The average Bonchev–Trinajstić information content (AvgIpc) is 2.89. The van der Waals surface area contributed by atoms with Crippen molar-refractivity contribution in [3.63, 3.8) is 0 Å². The Labute approximate surface area is 140 Å². The molecule has 0 aromatic heterocycles. The Balaban J connectivity index is 2.55. The van der Waals surface area contributed by atoms with E-state index in [1.165, 1.54) is 0 Å². The zero-order chi connectivity index (χ0) is 17.8. The van der Waals surface area contributed by atoms with E-state index in [-0.39, 0.29) is 23.8 Å². The molecule has 2 atom stereocenters. The lowest BCUT2D eigenvalue weighted by Gasteiger charge is -2.28. The third-order valence-electron chi connectivity index (χ3n) is 4.11. The summed E-state index contributed by atoms with van der Waals surface area (Å²) < 4.78 is 5.43. The maximum atomic E-state index is 12.3. The zero-order valence-electron chi connectivity index (χ0n) is 15.5. The van der Waals surface area contributed by atoms with Crippen LogP contribution >= 0.6 is 0 Å². The van der Waals surface area contributed by atoms with Crippen LogP contribution in [0.5, 0.6) is 0 Å². The molecule has 2 amide bonds. The van der Waals surface area contributed by atoms with E-state index in [1.54, 1.807) is 4.90 Å². The lowest BCUT2D eigenvalue weighted by Crippen LogP contribution is -2.46. The summed E-state index contributed by atoms with van der Waals surface area (Å²) in [4.78, 5) is 28.0. The first kappa shape index (κ1) is 19.7. The molecule has 0 aliphatic carbocycles. The van der Waals surface area contributed by atoms with Crippen molar-refractivity contribution in [1.29, 1.82) is 0 Å². The quantitative estimate of drug-likeness (QED) is 0.839. The van der Waals surface area contributed by atoms with Gasteiger partial charge in [0.05, 0.1) is 6.04 Å². The minimum atomic E-state index is -0.494. The third-order valence-corrected chi connectivity index (χ3v) is 4.11. The Kier molecular flexibility index (Phi) is 6.86. The zero-order valence-corrected chi connectivity index (χ0v) is 15.5. The first-order chi connectivity index (χ1) is 10.5. The van der Waals surface area contributed by atoms with Gasteiger partial charge in [0, 0.05) is 26.2 Å². The molecule has 1 rings (SSSR count). The maximum absolute atomic E-state index is 12.3. The number of nitrogens with zero attached hydrogens (tertiary/aromatic N) is 2. The predicted octanol–water partition coefficient (Wildman–Crippen LogP) is 2.08. The molecule has 0 radical (unpaired) electrons. The molecule has 0 aromatic rings. The molecule has 134 valence electrons. The number of carbonyl (C=O) groups is 2. The summed E-state index contributed by atoms with van der Waals surface area (Å²) in [6.45, 7) is 14.0. The molecule has 2 N–H and O–H groups in total. The fourth-order valence-corrected chi connectivity index (χ4v) is 2.65. The Bertz CT molecular complexity index is 418. The highest BCUT2D eigenvalue weighted by Gasteiger charge is 2.32. The van der Waals surface area contributed by atoms with E-state index >= 15 is 0 Å². The van der Waals surface area contributed by atoms with Crippen LogP contribution in [0.2, 0.25) is 0 Å². The summed E-state index contributed by atoms with van der Waals surface area (Å²) in [6, 6.07) is -0.443. The fraction of sp³-hybridized carbons (Fsp3) is 0.882. The smallest absolute Gasteiger partial charge is 0.410 e. The lowest BCUT2D eigenvalue weighted by atomic mass is 10.0. The van der Waals surface area contributed by atoms with E-state index in [9.17, 15) is 9.59 Å². The molecule has 1 fully saturated rings. The molecule has 0 saturated carbocycles. The molecule has 1 heterocycles. The average molecular weight is 327 g/mol. The van der Waals surface area contributed by atoms with Crippen LogP contribution in [0.4, 0.5) is 4.79 Å². The van der Waals surface area contributed by atoms with Crippen LogP contribution in [0.25, 0.3) is 0 Å². The largest absolute Gasteiger partial charge is 0.444 e. The van der Waals surface area contributed by atoms with Crippen molar-refractivity contribution in [1.82, 2.24) is 9.80 Å². The van der Waals surface area contributed by atoms with Crippen molar-refractivity contribution in [3.8, 4) is 0 Å². The molecule has 23 heavy (non-hydrogen) atoms. The van der Waals surface area contributed by atoms with Crippen LogP contribution in [-0.4, -0.2) is 59.6 Å². The van der Waals surface area contributed by atoms with E-state index < -0.39 is 11.6 Å². The topological polar surface area (TPSA) is 75.9 Å². The number of nitrogens with two attached hydrogens (primary N) is 1. The summed E-state index contributed by atoms with van der Waals surface area (Å²) in [7, 11) is 0. The van der Waals surface area contributed by atoms with Crippen LogP contribution in [-0.2, 0) is 9.53 Å². The SMILES string of the molecule is CCN(C[C@H]1CCN(C(=O)[C@@H](N)C(C)C)C1)C(=O)OC(C)(C)C. The molecular weight excluding hydrogens is 294 g/mol. The molecule has 0 bridgehead atoms. The third kappa shape index (κ3) is 6.01. The molecule has 0 aromatic carbocycles. The van der Waals surface area contributed by atoms with Gasteiger partial charge in [0.25, 0.3) is 0 Å². The summed E-state index contributed by atoms with van der Waals surface area (Å²) in [5, 5.41) is 0. The summed E-state index contributed by atoms with van der Waals surface area (Å²) in [5.74, 6) is 0.434. The molecular formula is C17H33N3O3. The Morgan fingerprint density at radius 3 is 2.43 bits per heavy atom. The van der Waals surface area contributed by atoms with Crippen molar-refractivity contribution in [3.05, 3.63) is 0 Å². The standard InChI is InChI=1S/C17H33N3O3/c1-7-19(16(22)23-17(4,5)6)10-13-8-9-20(11-13)15(21)14(18)12(2)3/h12-14H,7-11,18H2,1-6H3/t13-,14+/m1/s1. The van der Waals surface area contributed by atoms with Gasteiger partial charge < -0.3 is 20.3 Å². The van der Waals surface area contributed by atoms with Gasteiger partial charge in [0.1, 0.15) is 5.60 Å². The van der Waals surface area contributed by atoms with Crippen molar-refractivity contribution < 1.29 is 14.3 Å². The van der Waals surface area contributed by atoms with Crippen LogP contribution < -0.4 is 5.73 Å². The number of ether oxygens (including phenoxy) is 1. The van der Waals surface area contributed by atoms with Gasteiger partial charge in [-0.15, -0.1) is 0 Å². The van der Waals surface area contributed by atoms with Crippen LogP contribution in [0.1, 0.15) is 48.0 Å².